The molecule has 0 aromatic heterocycles. The quantitative estimate of drug-likeness (QED) is 0.202. The Balaban J connectivity index is 2.00. The number of halogens is 4. The first kappa shape index (κ1) is 26.9. The Hall–Kier alpha value is -3.10. The van der Waals surface area contributed by atoms with Gasteiger partial charge in [0.25, 0.3) is 10.0 Å². The first-order chi connectivity index (χ1) is 17.6. The third kappa shape index (κ3) is 5.75. The Bertz CT molecular complexity index is 1530. The molecular weight excluding hydrogens is 560 g/mol. The van der Waals surface area contributed by atoms with Crippen molar-refractivity contribution >= 4 is 56.3 Å². The minimum atomic E-state index is -4.39. The van der Waals surface area contributed by atoms with E-state index in [2.05, 4.69) is 0 Å². The summed E-state index contributed by atoms with van der Waals surface area (Å²) in [6.07, 6.45) is 0. The third-order valence-corrected chi connectivity index (χ3v) is 8.20. The van der Waals surface area contributed by atoms with Crippen molar-refractivity contribution in [3.63, 3.8) is 0 Å². The number of anilines is 1. The Kier molecular flexibility index (Phi) is 8.09. The second kappa shape index (κ2) is 11.1. The SMILES string of the molecule is COc1ccc(S(=O)(=O)N(c2ccc(Cl)cc2)C(C(=O)c2ccc(Cl)cc2)c2ccc(F)cc2Cl)cc1. The summed E-state index contributed by atoms with van der Waals surface area (Å²) in [7, 11) is -2.93. The molecule has 4 aromatic carbocycles. The van der Waals surface area contributed by atoms with Crippen molar-refractivity contribution in [1.29, 1.82) is 0 Å². The summed E-state index contributed by atoms with van der Waals surface area (Å²) in [4.78, 5) is 13.9. The molecule has 0 bridgehead atoms. The molecule has 0 aliphatic heterocycles. The van der Waals surface area contributed by atoms with E-state index in [1.165, 1.54) is 86.0 Å². The second-order valence-corrected chi connectivity index (χ2v) is 11.0. The van der Waals surface area contributed by atoms with Crippen LogP contribution in [0.1, 0.15) is 22.0 Å². The minimum absolute atomic E-state index is 0.0926. The maximum absolute atomic E-state index is 14.2. The van der Waals surface area contributed by atoms with E-state index in [1.807, 2.05) is 0 Å². The van der Waals surface area contributed by atoms with Crippen molar-refractivity contribution < 1.29 is 22.3 Å². The standard InChI is InChI=1S/C27H19Cl3FNO4S/c1-36-22-11-13-23(14-12-22)37(34,35)32(21-9-6-19(29)7-10-21)26(24-15-8-20(31)16-25(24)30)27(33)17-2-4-18(28)5-3-17/h2-16,26H,1H3. The van der Waals surface area contributed by atoms with E-state index in [0.717, 1.165) is 16.4 Å². The molecule has 1 atom stereocenters. The molecule has 0 aliphatic carbocycles. The van der Waals surface area contributed by atoms with Gasteiger partial charge >= 0.3 is 0 Å². The number of carbonyl (C=O) groups excluding carboxylic acids is 1. The monoisotopic (exact) mass is 577 g/mol. The van der Waals surface area contributed by atoms with Crippen LogP contribution in [0.25, 0.3) is 0 Å². The van der Waals surface area contributed by atoms with Gasteiger partial charge in [0.15, 0.2) is 5.78 Å². The molecule has 0 saturated heterocycles. The number of rotatable bonds is 8. The average molecular weight is 579 g/mol. The van der Waals surface area contributed by atoms with E-state index in [9.17, 15) is 17.6 Å². The predicted molar refractivity (Wildman–Crippen MR) is 144 cm³/mol. The summed E-state index contributed by atoms with van der Waals surface area (Å²) in [5, 5.41) is 0.649. The molecule has 0 spiro atoms. The Morgan fingerprint density at radius 3 is 1.95 bits per heavy atom. The zero-order chi connectivity index (χ0) is 26.7. The summed E-state index contributed by atoms with van der Waals surface area (Å²) in [5.41, 5.74) is 0.418. The highest BCUT2D eigenvalue weighted by Gasteiger charge is 2.39. The summed E-state index contributed by atoms with van der Waals surface area (Å²) in [6.45, 7) is 0. The molecule has 37 heavy (non-hydrogen) atoms. The summed E-state index contributed by atoms with van der Waals surface area (Å²) in [6, 6.07) is 19.6. The van der Waals surface area contributed by atoms with Gasteiger partial charge < -0.3 is 4.74 Å². The Morgan fingerprint density at radius 2 is 1.41 bits per heavy atom. The van der Waals surface area contributed by atoms with Crippen LogP contribution < -0.4 is 9.04 Å². The van der Waals surface area contributed by atoms with Crippen LogP contribution in [0.4, 0.5) is 10.1 Å². The molecule has 0 N–H and O–H groups in total. The van der Waals surface area contributed by atoms with Crippen LogP contribution in [0.2, 0.25) is 15.1 Å². The van der Waals surface area contributed by atoms with Crippen molar-refractivity contribution in [2.75, 3.05) is 11.4 Å². The Morgan fingerprint density at radius 1 is 0.838 bits per heavy atom. The lowest BCUT2D eigenvalue weighted by atomic mass is 9.96. The van der Waals surface area contributed by atoms with Gasteiger partial charge in [-0.1, -0.05) is 40.9 Å². The second-order valence-electron chi connectivity index (χ2n) is 7.89. The molecule has 0 amide bonds. The van der Waals surface area contributed by atoms with E-state index in [4.69, 9.17) is 39.5 Å². The smallest absolute Gasteiger partial charge is 0.265 e. The van der Waals surface area contributed by atoms with Gasteiger partial charge in [-0.15, -0.1) is 0 Å². The molecule has 5 nitrogen and oxygen atoms in total. The lowest BCUT2D eigenvalue weighted by molar-refractivity contribution is 0.0963. The van der Waals surface area contributed by atoms with Crippen LogP contribution in [-0.2, 0) is 10.0 Å². The summed E-state index contributed by atoms with van der Waals surface area (Å²) in [5.74, 6) is -0.785. The number of hydrogen-bond acceptors (Lipinski definition) is 4. The number of carbonyl (C=O) groups is 1. The number of ether oxygens (including phenoxy) is 1. The van der Waals surface area contributed by atoms with Crippen LogP contribution in [0.15, 0.2) is 95.9 Å². The number of ketones is 1. The number of Topliss-reactive ketones (excluding diaryl/α,β-unsaturated/α-hetero) is 1. The predicted octanol–water partition coefficient (Wildman–Crippen LogP) is 7.61. The molecule has 0 aliphatic rings. The number of hydrogen-bond donors (Lipinski definition) is 0. The molecule has 0 heterocycles. The Labute approximate surface area is 229 Å². The molecule has 10 heteroatoms. The van der Waals surface area contributed by atoms with E-state index >= 15 is 0 Å². The molecule has 4 aromatic rings. The van der Waals surface area contributed by atoms with Gasteiger partial charge in [0, 0.05) is 26.2 Å². The van der Waals surface area contributed by atoms with Crippen molar-refractivity contribution in [2.45, 2.75) is 10.9 Å². The molecule has 0 fully saturated rings. The van der Waals surface area contributed by atoms with Crippen LogP contribution in [0.5, 0.6) is 5.75 Å². The zero-order valence-corrected chi connectivity index (χ0v) is 22.3. The highest BCUT2D eigenvalue weighted by atomic mass is 35.5. The lowest BCUT2D eigenvalue weighted by Crippen LogP contribution is -2.39. The molecular formula is C27H19Cl3FNO4S. The van der Waals surface area contributed by atoms with E-state index in [0.29, 0.717) is 15.8 Å². The van der Waals surface area contributed by atoms with Gasteiger partial charge in [0.05, 0.1) is 17.7 Å². The first-order valence-electron chi connectivity index (χ1n) is 10.8. The van der Waals surface area contributed by atoms with Crippen molar-refractivity contribution in [1.82, 2.24) is 0 Å². The molecule has 0 radical (unpaired) electrons. The van der Waals surface area contributed by atoms with Crippen molar-refractivity contribution in [2.24, 2.45) is 0 Å². The maximum Gasteiger partial charge on any atom is 0.265 e. The number of benzene rings is 4. The largest absolute Gasteiger partial charge is 0.497 e. The van der Waals surface area contributed by atoms with Crippen molar-refractivity contribution in [3.05, 3.63) is 123 Å². The van der Waals surface area contributed by atoms with Gasteiger partial charge in [0.2, 0.25) is 0 Å². The molecule has 190 valence electrons. The maximum atomic E-state index is 14.2. The molecule has 1 unspecified atom stereocenters. The molecule has 4 rings (SSSR count). The normalized spacial score (nSPS) is 12.1. The van der Waals surface area contributed by atoms with E-state index in [1.54, 1.807) is 0 Å². The minimum Gasteiger partial charge on any atom is -0.497 e. The van der Waals surface area contributed by atoms with E-state index in [-0.39, 0.29) is 26.7 Å². The topological polar surface area (TPSA) is 63.7 Å². The number of sulfonamides is 1. The van der Waals surface area contributed by atoms with Gasteiger partial charge in [-0.05, 0) is 84.9 Å². The highest BCUT2D eigenvalue weighted by molar-refractivity contribution is 7.92. The van der Waals surface area contributed by atoms with Gasteiger partial charge in [0.1, 0.15) is 17.6 Å². The highest BCUT2D eigenvalue weighted by Crippen LogP contribution is 2.39. The third-order valence-electron chi connectivity index (χ3n) is 5.57. The van der Waals surface area contributed by atoms with E-state index < -0.39 is 27.7 Å². The number of nitrogens with zero attached hydrogens (tertiary/aromatic N) is 1. The fraction of sp³-hybridized carbons (Fsp3) is 0.0741. The van der Waals surface area contributed by atoms with Gasteiger partial charge in [-0.3, -0.25) is 9.10 Å². The number of methoxy groups -OCH3 is 1. The van der Waals surface area contributed by atoms with Crippen LogP contribution in [-0.4, -0.2) is 21.3 Å². The van der Waals surface area contributed by atoms with Gasteiger partial charge in [-0.25, -0.2) is 12.8 Å². The summed E-state index contributed by atoms with van der Waals surface area (Å²) < 4.78 is 48.4. The van der Waals surface area contributed by atoms with Crippen LogP contribution in [0.3, 0.4) is 0 Å². The van der Waals surface area contributed by atoms with Gasteiger partial charge in [-0.2, -0.15) is 0 Å². The van der Waals surface area contributed by atoms with Crippen LogP contribution in [0, 0.1) is 5.82 Å². The first-order valence-corrected chi connectivity index (χ1v) is 13.4. The average Bonchev–Trinajstić information content (AvgIpc) is 2.88. The fourth-order valence-electron chi connectivity index (χ4n) is 3.75. The fourth-order valence-corrected chi connectivity index (χ4v) is 5.86. The van der Waals surface area contributed by atoms with Crippen LogP contribution >= 0.6 is 34.8 Å². The molecule has 0 saturated carbocycles. The zero-order valence-electron chi connectivity index (χ0n) is 19.2. The van der Waals surface area contributed by atoms with Crippen molar-refractivity contribution in [3.8, 4) is 5.75 Å². The summed E-state index contributed by atoms with van der Waals surface area (Å²) >= 11 is 18.5. The lowest BCUT2D eigenvalue weighted by Gasteiger charge is -2.33.